The van der Waals surface area contributed by atoms with Crippen LogP contribution in [0.25, 0.3) is 0 Å². The number of carbonyl (C=O) groups excluding carboxylic acids is 1. The monoisotopic (exact) mass is 414 g/mol. The Morgan fingerprint density at radius 2 is 1.73 bits per heavy atom. The molecule has 2 aromatic rings. The maximum Gasteiger partial charge on any atom is 0.309 e. The SMILES string of the molecule is COC(=O)Cc1ccc(OCC(O)CN2CCN(c3ccccc3OC)CC2)cc1. The largest absolute Gasteiger partial charge is 0.495 e. The number of para-hydroxylation sites is 2. The van der Waals surface area contributed by atoms with Crippen molar-refractivity contribution in [3.05, 3.63) is 54.1 Å². The molecular formula is C23H30N2O5. The minimum atomic E-state index is -0.572. The first-order valence-electron chi connectivity index (χ1n) is 10.2. The molecule has 7 heteroatoms. The van der Waals surface area contributed by atoms with Gasteiger partial charge in [0.2, 0.25) is 0 Å². The first kappa shape index (κ1) is 21.9. The van der Waals surface area contributed by atoms with Gasteiger partial charge in [0.1, 0.15) is 24.2 Å². The Balaban J connectivity index is 1.41. The highest BCUT2D eigenvalue weighted by molar-refractivity contribution is 5.72. The standard InChI is InChI=1S/C23H30N2O5/c1-28-22-6-4-3-5-21(22)25-13-11-24(12-14-25)16-19(26)17-30-20-9-7-18(8-10-20)15-23(27)29-2/h3-10,19,26H,11-17H2,1-2H3. The number of rotatable bonds is 9. The number of hydrogen-bond acceptors (Lipinski definition) is 7. The van der Waals surface area contributed by atoms with E-state index < -0.39 is 6.10 Å². The van der Waals surface area contributed by atoms with Gasteiger partial charge >= 0.3 is 5.97 Å². The van der Waals surface area contributed by atoms with E-state index >= 15 is 0 Å². The average Bonchev–Trinajstić information content (AvgIpc) is 2.79. The average molecular weight is 415 g/mol. The van der Waals surface area contributed by atoms with Gasteiger partial charge in [0.15, 0.2) is 0 Å². The van der Waals surface area contributed by atoms with Gasteiger partial charge in [-0.05, 0) is 29.8 Å². The topological polar surface area (TPSA) is 71.5 Å². The van der Waals surface area contributed by atoms with Crippen LogP contribution in [0.1, 0.15) is 5.56 Å². The van der Waals surface area contributed by atoms with Crippen molar-refractivity contribution in [3.63, 3.8) is 0 Å². The van der Waals surface area contributed by atoms with E-state index in [4.69, 9.17) is 9.47 Å². The summed E-state index contributed by atoms with van der Waals surface area (Å²) in [4.78, 5) is 15.9. The van der Waals surface area contributed by atoms with Crippen molar-refractivity contribution in [2.24, 2.45) is 0 Å². The molecule has 1 atom stereocenters. The number of anilines is 1. The molecule has 1 aliphatic rings. The molecule has 2 aromatic carbocycles. The molecule has 0 radical (unpaired) electrons. The summed E-state index contributed by atoms with van der Waals surface area (Å²) in [6, 6.07) is 15.3. The summed E-state index contributed by atoms with van der Waals surface area (Å²) in [5, 5.41) is 10.4. The summed E-state index contributed by atoms with van der Waals surface area (Å²) in [5.74, 6) is 1.28. The van der Waals surface area contributed by atoms with Crippen molar-refractivity contribution in [2.45, 2.75) is 12.5 Å². The van der Waals surface area contributed by atoms with Crippen molar-refractivity contribution >= 4 is 11.7 Å². The van der Waals surface area contributed by atoms with Gasteiger partial charge in [0, 0.05) is 32.7 Å². The van der Waals surface area contributed by atoms with Crippen LogP contribution >= 0.6 is 0 Å². The van der Waals surface area contributed by atoms with Crippen molar-refractivity contribution in [1.29, 1.82) is 0 Å². The molecule has 0 spiro atoms. The summed E-state index contributed by atoms with van der Waals surface area (Å²) < 4.78 is 15.8. The zero-order valence-electron chi connectivity index (χ0n) is 17.6. The minimum Gasteiger partial charge on any atom is -0.495 e. The third-order valence-corrected chi connectivity index (χ3v) is 5.21. The lowest BCUT2D eigenvalue weighted by Crippen LogP contribution is -2.49. The second-order valence-corrected chi connectivity index (χ2v) is 7.32. The molecule has 0 aliphatic carbocycles. The molecule has 0 amide bonds. The number of methoxy groups -OCH3 is 2. The Labute approximate surface area is 177 Å². The first-order chi connectivity index (χ1) is 14.6. The quantitative estimate of drug-likeness (QED) is 0.629. The van der Waals surface area contributed by atoms with Crippen LogP contribution < -0.4 is 14.4 Å². The van der Waals surface area contributed by atoms with E-state index in [0.29, 0.717) is 12.3 Å². The second kappa shape index (κ2) is 10.8. The normalized spacial score (nSPS) is 15.5. The fraction of sp³-hybridized carbons (Fsp3) is 0.435. The van der Waals surface area contributed by atoms with Crippen LogP contribution in [-0.4, -0.2) is 75.6 Å². The van der Waals surface area contributed by atoms with Gasteiger partial charge in [0.05, 0.1) is 26.3 Å². The van der Waals surface area contributed by atoms with Crippen molar-refractivity contribution in [3.8, 4) is 11.5 Å². The van der Waals surface area contributed by atoms with Gasteiger partial charge in [-0.1, -0.05) is 24.3 Å². The molecule has 1 heterocycles. The van der Waals surface area contributed by atoms with Crippen molar-refractivity contribution in [1.82, 2.24) is 4.90 Å². The van der Waals surface area contributed by atoms with Crippen LogP contribution in [0.4, 0.5) is 5.69 Å². The predicted molar refractivity (Wildman–Crippen MR) is 115 cm³/mol. The lowest BCUT2D eigenvalue weighted by molar-refractivity contribution is -0.139. The molecule has 30 heavy (non-hydrogen) atoms. The molecule has 162 valence electrons. The third-order valence-electron chi connectivity index (χ3n) is 5.21. The highest BCUT2D eigenvalue weighted by Crippen LogP contribution is 2.28. The number of β-amino-alcohol motifs (C(OH)–C–C–N with tert-alkyl or cyclic N) is 1. The summed E-state index contributed by atoms with van der Waals surface area (Å²) in [6.45, 7) is 4.31. The lowest BCUT2D eigenvalue weighted by atomic mass is 10.1. The van der Waals surface area contributed by atoms with Crippen LogP contribution in [-0.2, 0) is 16.0 Å². The summed E-state index contributed by atoms with van der Waals surface area (Å²) in [6.07, 6.45) is -0.335. The molecule has 0 bridgehead atoms. The molecule has 1 N–H and O–H groups in total. The molecule has 1 fully saturated rings. The van der Waals surface area contributed by atoms with E-state index in [0.717, 1.165) is 43.2 Å². The number of esters is 1. The molecule has 0 aromatic heterocycles. The van der Waals surface area contributed by atoms with E-state index in [-0.39, 0.29) is 19.0 Å². The highest BCUT2D eigenvalue weighted by atomic mass is 16.5. The van der Waals surface area contributed by atoms with E-state index in [1.165, 1.54) is 7.11 Å². The molecule has 1 aliphatic heterocycles. The van der Waals surface area contributed by atoms with Gasteiger partial charge in [-0.2, -0.15) is 0 Å². The summed E-state index contributed by atoms with van der Waals surface area (Å²) in [7, 11) is 3.07. The van der Waals surface area contributed by atoms with Gasteiger partial charge in [-0.25, -0.2) is 0 Å². The number of ether oxygens (including phenoxy) is 3. The van der Waals surface area contributed by atoms with Crippen LogP contribution in [0.15, 0.2) is 48.5 Å². The molecule has 3 rings (SSSR count). The van der Waals surface area contributed by atoms with Crippen LogP contribution in [0.2, 0.25) is 0 Å². The minimum absolute atomic E-state index is 0.225. The molecule has 0 saturated carbocycles. The Bertz CT molecular complexity index is 803. The number of aliphatic hydroxyl groups is 1. The molecule has 1 saturated heterocycles. The van der Waals surface area contributed by atoms with Crippen LogP contribution in [0.3, 0.4) is 0 Å². The fourth-order valence-electron chi connectivity index (χ4n) is 3.55. The van der Waals surface area contributed by atoms with Gasteiger partial charge in [-0.15, -0.1) is 0 Å². The van der Waals surface area contributed by atoms with Gasteiger partial charge in [-0.3, -0.25) is 9.69 Å². The van der Waals surface area contributed by atoms with E-state index in [9.17, 15) is 9.90 Å². The number of piperazine rings is 1. The Morgan fingerprint density at radius 1 is 1.03 bits per heavy atom. The summed E-state index contributed by atoms with van der Waals surface area (Å²) in [5.41, 5.74) is 1.97. The van der Waals surface area contributed by atoms with Gasteiger partial charge in [0.25, 0.3) is 0 Å². The second-order valence-electron chi connectivity index (χ2n) is 7.32. The Morgan fingerprint density at radius 3 is 2.40 bits per heavy atom. The maximum absolute atomic E-state index is 11.3. The number of aliphatic hydroxyl groups excluding tert-OH is 1. The molecular weight excluding hydrogens is 384 g/mol. The van der Waals surface area contributed by atoms with E-state index in [2.05, 4.69) is 20.6 Å². The Kier molecular flexibility index (Phi) is 7.93. The van der Waals surface area contributed by atoms with Crippen molar-refractivity contribution in [2.75, 3.05) is 58.5 Å². The van der Waals surface area contributed by atoms with E-state index in [1.54, 1.807) is 19.2 Å². The smallest absolute Gasteiger partial charge is 0.309 e. The number of hydrogen-bond donors (Lipinski definition) is 1. The number of benzene rings is 2. The number of nitrogens with zero attached hydrogens (tertiary/aromatic N) is 2. The maximum atomic E-state index is 11.3. The van der Waals surface area contributed by atoms with Gasteiger partial charge < -0.3 is 24.2 Å². The van der Waals surface area contributed by atoms with Crippen LogP contribution in [0, 0.1) is 0 Å². The Hall–Kier alpha value is -2.77. The zero-order chi connectivity index (χ0) is 21.3. The van der Waals surface area contributed by atoms with Crippen molar-refractivity contribution < 1.29 is 24.1 Å². The third kappa shape index (κ3) is 6.11. The highest BCUT2D eigenvalue weighted by Gasteiger charge is 2.21. The fourth-order valence-corrected chi connectivity index (χ4v) is 3.55. The molecule has 1 unspecified atom stereocenters. The first-order valence-corrected chi connectivity index (χ1v) is 10.2. The molecule has 7 nitrogen and oxygen atoms in total. The predicted octanol–water partition coefficient (Wildman–Crippen LogP) is 1.97. The lowest BCUT2D eigenvalue weighted by Gasteiger charge is -2.37. The van der Waals surface area contributed by atoms with E-state index in [1.807, 2.05) is 30.3 Å². The number of carbonyl (C=O) groups is 1. The zero-order valence-corrected chi connectivity index (χ0v) is 17.6. The van der Waals surface area contributed by atoms with Crippen LogP contribution in [0.5, 0.6) is 11.5 Å². The summed E-state index contributed by atoms with van der Waals surface area (Å²) >= 11 is 0.